The summed E-state index contributed by atoms with van der Waals surface area (Å²) in [4.78, 5) is 12.6. The van der Waals surface area contributed by atoms with E-state index in [0.717, 1.165) is 34.3 Å². The predicted molar refractivity (Wildman–Crippen MR) is 98.0 cm³/mol. The fourth-order valence-electron chi connectivity index (χ4n) is 2.40. The van der Waals surface area contributed by atoms with Crippen LogP contribution < -0.4 is 9.62 Å². The van der Waals surface area contributed by atoms with Crippen LogP contribution >= 0.6 is 11.6 Å². The number of hydrogen-bond acceptors (Lipinski definition) is 3. The molecular weight excluding hydrogens is 386 g/mol. The zero-order valence-electron chi connectivity index (χ0n) is 14.3. The molecule has 2 aromatic rings. The monoisotopic (exact) mass is 402 g/mol. The number of carbonyl (C=O) groups is 1. The van der Waals surface area contributed by atoms with Gasteiger partial charge in [0.2, 0.25) is 15.9 Å². The molecule has 1 N–H and O–H groups in total. The minimum Gasteiger partial charge on any atom is -0.324 e. The number of halogens is 3. The Morgan fingerprint density at radius 2 is 1.81 bits per heavy atom. The molecule has 0 spiro atoms. The van der Waals surface area contributed by atoms with Gasteiger partial charge in [0.25, 0.3) is 0 Å². The fraction of sp³-hybridized carbons (Fsp3) is 0.235. The summed E-state index contributed by atoms with van der Waals surface area (Å²) in [6.07, 6.45) is 0.878. The van der Waals surface area contributed by atoms with Gasteiger partial charge in [0.15, 0.2) is 11.6 Å². The first-order chi connectivity index (χ1) is 12.0. The second-order valence-electron chi connectivity index (χ2n) is 5.78. The lowest BCUT2D eigenvalue weighted by Gasteiger charge is -2.28. The molecule has 0 saturated heterocycles. The smallest absolute Gasteiger partial charge is 0.248 e. The molecular formula is C17H17ClF2N2O3S. The van der Waals surface area contributed by atoms with E-state index in [4.69, 9.17) is 11.6 Å². The summed E-state index contributed by atoms with van der Waals surface area (Å²) in [5, 5.41) is 3.00. The van der Waals surface area contributed by atoms with Crippen molar-refractivity contribution in [2.75, 3.05) is 15.9 Å². The van der Waals surface area contributed by atoms with Crippen molar-refractivity contribution in [1.29, 1.82) is 0 Å². The van der Waals surface area contributed by atoms with Gasteiger partial charge in [-0.3, -0.25) is 9.10 Å². The Morgan fingerprint density at radius 1 is 1.15 bits per heavy atom. The lowest BCUT2D eigenvalue weighted by Crippen LogP contribution is -2.45. The second kappa shape index (κ2) is 7.59. The van der Waals surface area contributed by atoms with Crippen molar-refractivity contribution in [3.63, 3.8) is 0 Å². The Labute approximate surface area is 155 Å². The van der Waals surface area contributed by atoms with E-state index in [9.17, 15) is 22.0 Å². The average molecular weight is 403 g/mol. The summed E-state index contributed by atoms with van der Waals surface area (Å²) in [7, 11) is -3.95. The van der Waals surface area contributed by atoms with Gasteiger partial charge in [-0.05, 0) is 43.7 Å². The van der Waals surface area contributed by atoms with E-state index >= 15 is 0 Å². The molecule has 9 heteroatoms. The first kappa shape index (κ1) is 20.1. The predicted octanol–water partition coefficient (Wildman–Crippen LogP) is 3.72. The van der Waals surface area contributed by atoms with Gasteiger partial charge in [-0.15, -0.1) is 0 Å². The van der Waals surface area contributed by atoms with E-state index in [1.807, 2.05) is 0 Å². The summed E-state index contributed by atoms with van der Waals surface area (Å²) in [5.41, 5.74) is 0.999. The summed E-state index contributed by atoms with van der Waals surface area (Å²) in [6, 6.07) is 6.29. The van der Waals surface area contributed by atoms with Gasteiger partial charge in [0.05, 0.1) is 11.9 Å². The molecule has 5 nitrogen and oxygen atoms in total. The van der Waals surface area contributed by atoms with Crippen molar-refractivity contribution in [3.8, 4) is 0 Å². The average Bonchev–Trinajstić information content (AvgIpc) is 2.53. The van der Waals surface area contributed by atoms with Crippen LogP contribution in [0.25, 0.3) is 0 Å². The second-order valence-corrected chi connectivity index (χ2v) is 8.08. The fourth-order valence-corrected chi connectivity index (χ4v) is 3.74. The third kappa shape index (κ3) is 4.50. The maximum atomic E-state index is 13.5. The molecule has 0 heterocycles. The van der Waals surface area contributed by atoms with E-state index in [0.29, 0.717) is 10.7 Å². The highest BCUT2D eigenvalue weighted by atomic mass is 35.5. The molecule has 26 heavy (non-hydrogen) atoms. The maximum absolute atomic E-state index is 13.5. The van der Waals surface area contributed by atoms with E-state index in [-0.39, 0.29) is 5.69 Å². The number of aryl methyl sites for hydroxylation is 1. The number of sulfonamides is 1. The molecule has 0 radical (unpaired) electrons. The first-order valence-electron chi connectivity index (χ1n) is 7.52. The number of amides is 1. The molecule has 0 aromatic heterocycles. The number of anilines is 2. The van der Waals surface area contributed by atoms with Crippen LogP contribution in [0.3, 0.4) is 0 Å². The van der Waals surface area contributed by atoms with Gasteiger partial charge in [-0.1, -0.05) is 17.7 Å². The van der Waals surface area contributed by atoms with E-state index in [1.54, 1.807) is 19.1 Å². The molecule has 1 amide bonds. The molecule has 0 saturated carbocycles. The van der Waals surface area contributed by atoms with Crippen molar-refractivity contribution in [2.24, 2.45) is 0 Å². The highest BCUT2D eigenvalue weighted by Gasteiger charge is 2.30. The van der Waals surface area contributed by atoms with Gasteiger partial charge in [-0.25, -0.2) is 17.2 Å². The number of benzene rings is 2. The van der Waals surface area contributed by atoms with Crippen LogP contribution in [0.5, 0.6) is 0 Å². The molecule has 0 aliphatic rings. The Balaban J connectivity index is 2.37. The summed E-state index contributed by atoms with van der Waals surface area (Å²) in [6.45, 7) is 3.10. The van der Waals surface area contributed by atoms with Crippen molar-refractivity contribution in [3.05, 3.63) is 58.6 Å². The number of nitrogens with zero attached hydrogens (tertiary/aromatic N) is 1. The molecule has 140 valence electrons. The highest BCUT2D eigenvalue weighted by molar-refractivity contribution is 7.92. The topological polar surface area (TPSA) is 66.5 Å². The van der Waals surface area contributed by atoms with Crippen LogP contribution in [0.1, 0.15) is 12.5 Å². The zero-order valence-corrected chi connectivity index (χ0v) is 15.8. The van der Waals surface area contributed by atoms with Gasteiger partial charge < -0.3 is 5.32 Å². The molecule has 0 aliphatic carbocycles. The first-order valence-corrected chi connectivity index (χ1v) is 9.75. The van der Waals surface area contributed by atoms with Crippen LogP contribution in [-0.4, -0.2) is 26.6 Å². The van der Waals surface area contributed by atoms with Gasteiger partial charge in [-0.2, -0.15) is 0 Å². The summed E-state index contributed by atoms with van der Waals surface area (Å²) >= 11 is 5.91. The van der Waals surface area contributed by atoms with Crippen LogP contribution in [0.15, 0.2) is 36.4 Å². The Morgan fingerprint density at radius 3 is 2.38 bits per heavy atom. The minimum atomic E-state index is -3.95. The zero-order chi connectivity index (χ0) is 19.6. The summed E-state index contributed by atoms with van der Waals surface area (Å²) < 4.78 is 51.7. The largest absolute Gasteiger partial charge is 0.324 e. The van der Waals surface area contributed by atoms with Gasteiger partial charge in [0.1, 0.15) is 6.04 Å². The molecule has 0 fully saturated rings. The van der Waals surface area contributed by atoms with Crippen LogP contribution in [-0.2, 0) is 14.8 Å². The van der Waals surface area contributed by atoms with Gasteiger partial charge in [0, 0.05) is 16.8 Å². The molecule has 2 rings (SSSR count). The number of nitrogens with one attached hydrogen (secondary N) is 1. The Kier molecular flexibility index (Phi) is 5.87. The lowest BCUT2D eigenvalue weighted by molar-refractivity contribution is -0.116. The van der Waals surface area contributed by atoms with E-state index in [2.05, 4.69) is 5.32 Å². The molecule has 2 aromatic carbocycles. The highest BCUT2D eigenvalue weighted by Crippen LogP contribution is 2.25. The lowest BCUT2D eigenvalue weighted by atomic mass is 10.2. The van der Waals surface area contributed by atoms with Crippen LogP contribution in [0.4, 0.5) is 20.2 Å². The molecule has 0 unspecified atom stereocenters. The molecule has 0 bridgehead atoms. The Bertz CT molecular complexity index is 951. The van der Waals surface area contributed by atoms with Gasteiger partial charge >= 0.3 is 0 Å². The van der Waals surface area contributed by atoms with E-state index in [1.165, 1.54) is 13.0 Å². The standard InChI is InChI=1S/C17H17ClF2N2O3S/c1-10-4-5-12(18)8-16(10)21-17(23)11(2)22(26(3,24)25)13-6-7-14(19)15(20)9-13/h4-9,11H,1-3H3,(H,21,23)/t11-/m0/s1. The molecule has 0 aliphatic heterocycles. The van der Waals surface area contributed by atoms with Crippen LogP contribution in [0, 0.1) is 18.6 Å². The van der Waals surface area contributed by atoms with E-state index < -0.39 is 33.6 Å². The van der Waals surface area contributed by atoms with Crippen molar-refractivity contribution in [1.82, 2.24) is 0 Å². The molecule has 1 atom stereocenters. The Hall–Kier alpha value is -2.19. The number of hydrogen-bond donors (Lipinski definition) is 1. The quantitative estimate of drug-likeness (QED) is 0.828. The normalized spacial score (nSPS) is 12.5. The van der Waals surface area contributed by atoms with Crippen molar-refractivity contribution < 1.29 is 22.0 Å². The van der Waals surface area contributed by atoms with Crippen molar-refractivity contribution >= 4 is 38.9 Å². The third-order valence-corrected chi connectivity index (χ3v) is 5.18. The minimum absolute atomic E-state index is 0.156. The summed E-state index contributed by atoms with van der Waals surface area (Å²) in [5.74, 6) is -2.98. The SMILES string of the molecule is Cc1ccc(Cl)cc1NC(=O)[C@H](C)N(c1ccc(F)c(F)c1)S(C)(=O)=O. The van der Waals surface area contributed by atoms with Crippen molar-refractivity contribution in [2.45, 2.75) is 19.9 Å². The third-order valence-electron chi connectivity index (χ3n) is 3.70. The number of rotatable bonds is 5. The maximum Gasteiger partial charge on any atom is 0.248 e. The number of carbonyl (C=O) groups excluding carboxylic acids is 1. The van der Waals surface area contributed by atoms with Crippen LogP contribution in [0.2, 0.25) is 5.02 Å².